The summed E-state index contributed by atoms with van der Waals surface area (Å²) >= 11 is 0. The minimum atomic E-state index is -1.24. The van der Waals surface area contributed by atoms with Crippen LogP contribution in [0, 0.1) is 5.82 Å². The molecule has 4 rings (SSSR count). The summed E-state index contributed by atoms with van der Waals surface area (Å²) in [6, 6.07) is 7.21. The van der Waals surface area contributed by atoms with Gasteiger partial charge in [-0.15, -0.1) is 0 Å². The third kappa shape index (κ3) is 3.79. The maximum atomic E-state index is 13.5. The number of ether oxygens (including phenoxy) is 1. The molecule has 0 saturated heterocycles. The second kappa shape index (κ2) is 7.71. The van der Waals surface area contributed by atoms with E-state index in [4.69, 9.17) is 9.15 Å². The number of carbonyl (C=O) groups excluding carboxylic acids is 3. The molecular formula is C21H19FN4O5. The Morgan fingerprint density at radius 1 is 1.39 bits per heavy atom. The van der Waals surface area contributed by atoms with Crippen LogP contribution in [0.5, 0.6) is 5.75 Å². The standard InChI is InChI=1S/C21H19FN4O5/c1-21(25-20(29)24-11-27,18-7-16-17(31-18)5-13(22)8-23-16)10-26-9-12-3-4-14(30-2)6-15(12)19(26)28/h3-8,11H,9-10H2,1-2H3,(H2,24,25,27,29)/t21-/m0/s1. The van der Waals surface area contributed by atoms with Crippen LogP contribution in [0.25, 0.3) is 11.1 Å². The number of fused-ring (bicyclic) bond motifs is 2. The van der Waals surface area contributed by atoms with E-state index in [-0.39, 0.29) is 30.2 Å². The second-order valence-corrected chi connectivity index (χ2v) is 7.38. The van der Waals surface area contributed by atoms with E-state index >= 15 is 0 Å². The SMILES string of the molecule is COc1ccc2c(c1)C(=O)N(C[C@](C)(NC(=O)NC=O)c1cc3ncc(F)cc3o1)C2. The summed E-state index contributed by atoms with van der Waals surface area (Å²) in [4.78, 5) is 41.4. The number of aromatic nitrogens is 1. The van der Waals surface area contributed by atoms with Crippen molar-refractivity contribution in [1.82, 2.24) is 20.5 Å². The first-order chi connectivity index (χ1) is 14.8. The predicted molar refractivity (Wildman–Crippen MR) is 107 cm³/mol. The number of hydrogen-bond donors (Lipinski definition) is 2. The molecule has 0 bridgehead atoms. The van der Waals surface area contributed by atoms with Crippen LogP contribution in [0.3, 0.4) is 0 Å². The van der Waals surface area contributed by atoms with Gasteiger partial charge in [0.15, 0.2) is 5.58 Å². The molecule has 31 heavy (non-hydrogen) atoms. The van der Waals surface area contributed by atoms with Crippen LogP contribution in [0.4, 0.5) is 9.18 Å². The van der Waals surface area contributed by atoms with Crippen molar-refractivity contribution in [2.45, 2.75) is 19.0 Å². The van der Waals surface area contributed by atoms with Crippen molar-refractivity contribution in [2.75, 3.05) is 13.7 Å². The quantitative estimate of drug-likeness (QED) is 0.585. The Morgan fingerprint density at radius 3 is 2.94 bits per heavy atom. The number of carbonyl (C=O) groups is 3. The molecule has 1 aliphatic rings. The highest BCUT2D eigenvalue weighted by molar-refractivity contribution is 5.99. The van der Waals surface area contributed by atoms with Crippen LogP contribution in [-0.4, -0.2) is 41.9 Å². The summed E-state index contributed by atoms with van der Waals surface area (Å²) in [5, 5.41) is 4.68. The number of halogens is 1. The lowest BCUT2D eigenvalue weighted by molar-refractivity contribution is -0.108. The van der Waals surface area contributed by atoms with Crippen molar-refractivity contribution in [3.8, 4) is 5.75 Å². The number of hydrogen-bond acceptors (Lipinski definition) is 6. The van der Waals surface area contributed by atoms with E-state index in [0.29, 0.717) is 23.4 Å². The first kappa shape index (κ1) is 20.3. The van der Waals surface area contributed by atoms with Gasteiger partial charge in [-0.25, -0.2) is 14.2 Å². The minimum absolute atomic E-state index is 0.0252. The summed E-state index contributed by atoms with van der Waals surface area (Å²) in [5.74, 6) is 0.00690. The van der Waals surface area contributed by atoms with Crippen LogP contribution in [0.1, 0.15) is 28.6 Å². The first-order valence-electron chi connectivity index (χ1n) is 9.37. The molecule has 2 N–H and O–H groups in total. The zero-order valence-corrected chi connectivity index (χ0v) is 16.8. The van der Waals surface area contributed by atoms with Gasteiger partial charge in [0.1, 0.15) is 28.4 Å². The third-order valence-corrected chi connectivity index (χ3v) is 5.16. The van der Waals surface area contributed by atoms with Gasteiger partial charge in [-0.05, 0) is 24.6 Å². The van der Waals surface area contributed by atoms with Crippen molar-refractivity contribution in [3.63, 3.8) is 0 Å². The number of benzene rings is 1. The summed E-state index contributed by atoms with van der Waals surface area (Å²) in [5.41, 5.74) is 0.665. The highest BCUT2D eigenvalue weighted by atomic mass is 19.1. The number of amides is 4. The molecule has 0 unspecified atom stereocenters. The van der Waals surface area contributed by atoms with Gasteiger partial charge < -0.3 is 19.4 Å². The molecule has 2 aromatic heterocycles. The maximum absolute atomic E-state index is 13.5. The highest BCUT2D eigenvalue weighted by Crippen LogP contribution is 2.32. The average Bonchev–Trinajstić information content (AvgIpc) is 3.29. The van der Waals surface area contributed by atoms with Gasteiger partial charge in [-0.1, -0.05) is 6.07 Å². The van der Waals surface area contributed by atoms with E-state index in [1.165, 1.54) is 13.2 Å². The second-order valence-electron chi connectivity index (χ2n) is 7.38. The normalized spacial score (nSPS) is 14.8. The van der Waals surface area contributed by atoms with Gasteiger partial charge in [0.05, 0.1) is 19.9 Å². The summed E-state index contributed by atoms with van der Waals surface area (Å²) in [6.45, 7) is 1.98. The van der Waals surface area contributed by atoms with Crippen molar-refractivity contribution in [2.24, 2.45) is 0 Å². The van der Waals surface area contributed by atoms with Crippen molar-refractivity contribution < 1.29 is 27.9 Å². The number of nitrogens with zero attached hydrogens (tertiary/aromatic N) is 2. The molecule has 1 aromatic carbocycles. The number of urea groups is 1. The molecule has 0 spiro atoms. The van der Waals surface area contributed by atoms with Crippen molar-refractivity contribution in [3.05, 3.63) is 59.2 Å². The lowest BCUT2D eigenvalue weighted by Gasteiger charge is -2.32. The molecule has 3 heterocycles. The largest absolute Gasteiger partial charge is 0.497 e. The Balaban J connectivity index is 1.68. The summed E-state index contributed by atoms with van der Waals surface area (Å²) in [6.07, 6.45) is 1.30. The molecule has 9 nitrogen and oxygen atoms in total. The molecule has 10 heteroatoms. The first-order valence-corrected chi connectivity index (χ1v) is 9.37. The van der Waals surface area contributed by atoms with Crippen molar-refractivity contribution >= 4 is 29.4 Å². The number of pyridine rings is 1. The number of methoxy groups -OCH3 is 1. The van der Waals surface area contributed by atoms with Crippen LogP contribution in [0.15, 0.2) is 40.9 Å². The van der Waals surface area contributed by atoms with Crippen LogP contribution >= 0.6 is 0 Å². The number of furan rings is 1. The smallest absolute Gasteiger partial charge is 0.322 e. The lowest BCUT2D eigenvalue weighted by Crippen LogP contribution is -2.53. The Kier molecular flexibility index (Phi) is 5.05. The third-order valence-electron chi connectivity index (χ3n) is 5.16. The number of imide groups is 1. The zero-order valence-electron chi connectivity index (χ0n) is 16.8. The van der Waals surface area contributed by atoms with E-state index in [9.17, 15) is 18.8 Å². The van der Waals surface area contributed by atoms with E-state index in [2.05, 4.69) is 10.3 Å². The van der Waals surface area contributed by atoms with Gasteiger partial charge in [0, 0.05) is 24.2 Å². The molecule has 1 aliphatic heterocycles. The maximum Gasteiger partial charge on any atom is 0.322 e. The van der Waals surface area contributed by atoms with Crippen LogP contribution in [0.2, 0.25) is 0 Å². The van der Waals surface area contributed by atoms with Crippen molar-refractivity contribution in [1.29, 1.82) is 0 Å². The molecular weight excluding hydrogens is 407 g/mol. The fraction of sp³-hybridized carbons (Fsp3) is 0.238. The lowest BCUT2D eigenvalue weighted by atomic mass is 9.98. The van der Waals surface area contributed by atoms with E-state index in [1.54, 1.807) is 30.0 Å². The predicted octanol–water partition coefficient (Wildman–Crippen LogP) is 2.30. The minimum Gasteiger partial charge on any atom is -0.497 e. The Hall–Kier alpha value is -3.95. The van der Waals surface area contributed by atoms with Crippen LogP contribution < -0.4 is 15.4 Å². The number of nitrogens with one attached hydrogen (secondary N) is 2. The molecule has 0 fully saturated rings. The number of rotatable bonds is 6. The summed E-state index contributed by atoms with van der Waals surface area (Å²) < 4.78 is 24.5. The van der Waals surface area contributed by atoms with Gasteiger partial charge in [0.2, 0.25) is 6.41 Å². The molecule has 4 amide bonds. The summed E-state index contributed by atoms with van der Waals surface area (Å²) in [7, 11) is 1.52. The Morgan fingerprint density at radius 2 is 2.19 bits per heavy atom. The molecule has 0 radical (unpaired) electrons. The Bertz CT molecular complexity index is 1190. The fourth-order valence-electron chi connectivity index (χ4n) is 3.66. The Labute approximate surface area is 176 Å². The van der Waals surface area contributed by atoms with Crippen LogP contribution in [-0.2, 0) is 16.9 Å². The van der Waals surface area contributed by atoms with E-state index in [0.717, 1.165) is 11.8 Å². The monoisotopic (exact) mass is 426 g/mol. The molecule has 0 aliphatic carbocycles. The van der Waals surface area contributed by atoms with Gasteiger partial charge in [-0.3, -0.25) is 14.9 Å². The molecule has 0 saturated carbocycles. The van der Waals surface area contributed by atoms with Gasteiger partial charge >= 0.3 is 6.03 Å². The molecule has 1 atom stereocenters. The zero-order chi connectivity index (χ0) is 22.2. The fourth-order valence-corrected chi connectivity index (χ4v) is 3.66. The van der Waals surface area contributed by atoms with Gasteiger partial charge in [0.25, 0.3) is 5.91 Å². The molecule has 3 aromatic rings. The molecule has 160 valence electrons. The van der Waals surface area contributed by atoms with Gasteiger partial charge in [-0.2, -0.15) is 0 Å². The van der Waals surface area contributed by atoms with E-state index < -0.39 is 17.4 Å². The average molecular weight is 426 g/mol. The topological polar surface area (TPSA) is 114 Å². The van der Waals surface area contributed by atoms with E-state index in [1.807, 2.05) is 11.4 Å². The highest BCUT2D eigenvalue weighted by Gasteiger charge is 2.39.